The molecule has 0 saturated carbocycles. The van der Waals surface area contributed by atoms with Gasteiger partial charge in [0.1, 0.15) is 6.04 Å². The van der Waals surface area contributed by atoms with Crippen molar-refractivity contribution in [2.24, 2.45) is 0 Å². The van der Waals surface area contributed by atoms with Crippen LogP contribution in [0, 0.1) is 13.8 Å². The number of benzene rings is 1. The van der Waals surface area contributed by atoms with Crippen molar-refractivity contribution in [1.82, 2.24) is 24.6 Å². The Bertz CT molecular complexity index is 945. The third-order valence-electron chi connectivity index (χ3n) is 4.99. The predicted molar refractivity (Wildman–Crippen MR) is 96.0 cm³/mol. The predicted octanol–water partition coefficient (Wildman–Crippen LogP) is 2.22. The van der Waals surface area contributed by atoms with E-state index in [4.69, 9.17) is 0 Å². The molecule has 1 aliphatic heterocycles. The SMILES string of the molecule is Cc1cc(C)c(CN2Cc3[nH]cnc3CC2C(=O)O)c(-n2cccn2)c1. The summed E-state index contributed by atoms with van der Waals surface area (Å²) in [5.74, 6) is -0.816. The molecule has 26 heavy (non-hydrogen) atoms. The average molecular weight is 351 g/mol. The second-order valence-electron chi connectivity index (χ2n) is 6.82. The first-order valence-corrected chi connectivity index (χ1v) is 8.61. The largest absolute Gasteiger partial charge is 0.480 e. The summed E-state index contributed by atoms with van der Waals surface area (Å²) in [4.78, 5) is 21.2. The Morgan fingerprint density at radius 3 is 2.96 bits per heavy atom. The average Bonchev–Trinajstić information content (AvgIpc) is 3.27. The molecule has 3 heterocycles. The molecule has 0 fully saturated rings. The van der Waals surface area contributed by atoms with Crippen molar-refractivity contribution in [3.8, 4) is 5.69 Å². The van der Waals surface area contributed by atoms with Crippen LogP contribution >= 0.6 is 0 Å². The number of aromatic amines is 1. The molecule has 2 N–H and O–H groups in total. The normalized spacial score (nSPS) is 17.2. The van der Waals surface area contributed by atoms with Crippen LogP contribution in [-0.2, 0) is 24.3 Å². The minimum atomic E-state index is -0.816. The summed E-state index contributed by atoms with van der Waals surface area (Å²) in [6, 6.07) is 5.52. The molecule has 3 aromatic rings. The Morgan fingerprint density at radius 1 is 1.38 bits per heavy atom. The number of imidazole rings is 1. The van der Waals surface area contributed by atoms with Crippen molar-refractivity contribution in [1.29, 1.82) is 0 Å². The van der Waals surface area contributed by atoms with E-state index in [1.165, 1.54) is 0 Å². The number of rotatable bonds is 4. The van der Waals surface area contributed by atoms with Crippen molar-refractivity contribution in [3.05, 3.63) is 65.0 Å². The van der Waals surface area contributed by atoms with Gasteiger partial charge in [-0.1, -0.05) is 6.07 Å². The highest BCUT2D eigenvalue weighted by atomic mass is 16.4. The third kappa shape index (κ3) is 2.90. The van der Waals surface area contributed by atoms with Gasteiger partial charge in [0, 0.05) is 31.9 Å². The van der Waals surface area contributed by atoms with Crippen LogP contribution in [0.25, 0.3) is 5.69 Å². The van der Waals surface area contributed by atoms with Gasteiger partial charge in [-0.05, 0) is 42.7 Å². The molecule has 0 saturated heterocycles. The van der Waals surface area contributed by atoms with Crippen LogP contribution in [0.5, 0.6) is 0 Å². The number of hydrogen-bond donors (Lipinski definition) is 2. The summed E-state index contributed by atoms with van der Waals surface area (Å²) in [6.45, 7) is 5.20. The first-order chi connectivity index (χ1) is 12.5. The summed E-state index contributed by atoms with van der Waals surface area (Å²) in [7, 11) is 0. The fraction of sp³-hybridized carbons (Fsp3) is 0.316. The number of aryl methyl sites for hydroxylation is 2. The molecule has 7 heteroatoms. The molecule has 1 aromatic carbocycles. The number of H-pyrrole nitrogens is 1. The van der Waals surface area contributed by atoms with E-state index in [-0.39, 0.29) is 0 Å². The van der Waals surface area contributed by atoms with E-state index in [0.29, 0.717) is 19.5 Å². The third-order valence-corrected chi connectivity index (χ3v) is 4.99. The Hall–Kier alpha value is -2.93. The van der Waals surface area contributed by atoms with Crippen LogP contribution in [0.15, 0.2) is 36.9 Å². The molecule has 0 bridgehead atoms. The van der Waals surface area contributed by atoms with Crippen molar-refractivity contribution >= 4 is 5.97 Å². The van der Waals surface area contributed by atoms with Gasteiger partial charge in [-0.3, -0.25) is 9.69 Å². The number of carboxylic acid groups (broad SMARTS) is 1. The summed E-state index contributed by atoms with van der Waals surface area (Å²) in [5.41, 5.74) is 6.21. The van der Waals surface area contributed by atoms with Crippen LogP contribution in [0.1, 0.15) is 28.1 Å². The number of nitrogens with zero attached hydrogens (tertiary/aromatic N) is 4. The van der Waals surface area contributed by atoms with Gasteiger partial charge in [-0.25, -0.2) is 9.67 Å². The number of hydrogen-bond acceptors (Lipinski definition) is 4. The number of nitrogens with one attached hydrogen (secondary N) is 1. The van der Waals surface area contributed by atoms with Gasteiger partial charge in [0.05, 0.1) is 23.4 Å². The summed E-state index contributed by atoms with van der Waals surface area (Å²) < 4.78 is 1.84. The zero-order chi connectivity index (χ0) is 18.3. The fourth-order valence-corrected chi connectivity index (χ4v) is 3.70. The molecular weight excluding hydrogens is 330 g/mol. The molecule has 4 rings (SSSR count). The van der Waals surface area contributed by atoms with Crippen molar-refractivity contribution in [3.63, 3.8) is 0 Å². The van der Waals surface area contributed by atoms with E-state index in [9.17, 15) is 9.90 Å². The monoisotopic (exact) mass is 351 g/mol. The number of carbonyl (C=O) groups is 1. The minimum absolute atomic E-state index is 0.413. The van der Waals surface area contributed by atoms with E-state index in [1.807, 2.05) is 21.8 Å². The van der Waals surface area contributed by atoms with Gasteiger partial charge in [0.15, 0.2) is 0 Å². The van der Waals surface area contributed by atoms with Crippen LogP contribution in [0.3, 0.4) is 0 Å². The molecule has 0 amide bonds. The molecule has 0 aliphatic carbocycles. The topological polar surface area (TPSA) is 87.0 Å². The lowest BCUT2D eigenvalue weighted by molar-refractivity contribution is -0.144. The summed E-state index contributed by atoms with van der Waals surface area (Å²) >= 11 is 0. The lowest BCUT2D eigenvalue weighted by atomic mass is 9.98. The minimum Gasteiger partial charge on any atom is -0.480 e. The van der Waals surface area contributed by atoms with Gasteiger partial charge in [0.25, 0.3) is 0 Å². The van der Waals surface area contributed by atoms with Gasteiger partial charge < -0.3 is 10.1 Å². The first-order valence-electron chi connectivity index (χ1n) is 8.61. The van der Waals surface area contributed by atoms with E-state index in [0.717, 1.165) is 33.8 Å². The van der Waals surface area contributed by atoms with Gasteiger partial charge in [-0.15, -0.1) is 0 Å². The second-order valence-corrected chi connectivity index (χ2v) is 6.82. The standard InChI is InChI=1S/C19H21N5O2/c1-12-6-13(2)14(17(7-12)24-5-3-4-22-24)9-23-10-16-15(20-11-21-16)8-18(23)19(25)26/h3-7,11,18H,8-10H2,1-2H3,(H,20,21)(H,25,26). The second kappa shape index (κ2) is 6.42. The van der Waals surface area contributed by atoms with E-state index in [2.05, 4.69) is 41.0 Å². The van der Waals surface area contributed by atoms with Crippen LogP contribution in [-0.4, -0.2) is 41.8 Å². The maximum Gasteiger partial charge on any atom is 0.321 e. The number of carboxylic acids is 1. The van der Waals surface area contributed by atoms with Crippen LogP contribution < -0.4 is 0 Å². The summed E-state index contributed by atoms with van der Waals surface area (Å²) in [5, 5.41) is 14.1. The Balaban J connectivity index is 1.73. The van der Waals surface area contributed by atoms with Crippen molar-refractivity contribution in [2.75, 3.05) is 0 Å². The molecule has 7 nitrogen and oxygen atoms in total. The van der Waals surface area contributed by atoms with E-state index in [1.54, 1.807) is 12.5 Å². The van der Waals surface area contributed by atoms with Crippen molar-refractivity contribution in [2.45, 2.75) is 39.4 Å². The first kappa shape index (κ1) is 16.5. The Kier molecular flexibility index (Phi) is 4.08. The molecule has 1 unspecified atom stereocenters. The lowest BCUT2D eigenvalue weighted by Crippen LogP contribution is -2.45. The molecule has 0 spiro atoms. The molecule has 0 radical (unpaired) electrons. The van der Waals surface area contributed by atoms with Gasteiger partial charge >= 0.3 is 5.97 Å². The van der Waals surface area contributed by atoms with Crippen LogP contribution in [0.4, 0.5) is 0 Å². The fourth-order valence-electron chi connectivity index (χ4n) is 3.70. The molecule has 2 aromatic heterocycles. The maximum absolute atomic E-state index is 11.8. The number of fused-ring (bicyclic) bond motifs is 1. The molecule has 1 atom stereocenters. The zero-order valence-electron chi connectivity index (χ0n) is 14.8. The van der Waals surface area contributed by atoms with Gasteiger partial charge in [0.2, 0.25) is 0 Å². The number of aliphatic carboxylic acids is 1. The zero-order valence-corrected chi connectivity index (χ0v) is 14.8. The van der Waals surface area contributed by atoms with Crippen LogP contribution in [0.2, 0.25) is 0 Å². The van der Waals surface area contributed by atoms with Gasteiger partial charge in [-0.2, -0.15) is 5.10 Å². The lowest BCUT2D eigenvalue weighted by Gasteiger charge is -2.33. The molecule has 1 aliphatic rings. The highest BCUT2D eigenvalue weighted by molar-refractivity contribution is 5.74. The highest BCUT2D eigenvalue weighted by Crippen LogP contribution is 2.27. The smallest absolute Gasteiger partial charge is 0.321 e. The molecule has 134 valence electrons. The Labute approximate surface area is 151 Å². The van der Waals surface area contributed by atoms with E-state index < -0.39 is 12.0 Å². The Morgan fingerprint density at radius 2 is 2.23 bits per heavy atom. The maximum atomic E-state index is 11.8. The quantitative estimate of drug-likeness (QED) is 0.753. The highest BCUT2D eigenvalue weighted by Gasteiger charge is 2.33. The van der Waals surface area contributed by atoms with E-state index >= 15 is 0 Å². The number of aromatic nitrogens is 4. The summed E-state index contributed by atoms with van der Waals surface area (Å²) in [6.07, 6.45) is 5.71. The molecular formula is C19H21N5O2. The van der Waals surface area contributed by atoms with Crippen molar-refractivity contribution < 1.29 is 9.90 Å².